The number of carbonyl (C=O) groups excluding carboxylic acids is 3. The zero-order valence-corrected chi connectivity index (χ0v) is 16.8. The first kappa shape index (κ1) is 18.3. The number of carbonyl (C=O) groups is 3. The van der Waals surface area contributed by atoms with Crippen molar-refractivity contribution in [3.63, 3.8) is 0 Å². The van der Waals surface area contributed by atoms with Gasteiger partial charge in [0.1, 0.15) is 6.04 Å². The first-order chi connectivity index (χ1) is 14.1. The Morgan fingerprint density at radius 2 is 2.07 bits per heavy atom. The molecular formula is C21H23N4O3S+. The average Bonchev–Trinajstić information content (AvgIpc) is 3.45. The highest BCUT2D eigenvalue weighted by Gasteiger charge is 2.42. The standard InChI is InChI=1S/C21H22N4O3S/c26-19-18-11-24(21(28)17-2-1-6-22-17)7-8-25(18)20(27)15-10-13(3-4-16(15)23-19)14-5-9-29-12-14/h3-5,9-10,12,17-18,22H,1-2,6-8,11H2,(H,23,26)/p+1/t17-,18+/m1/s1. The molecule has 1 aromatic carbocycles. The second kappa shape index (κ2) is 7.27. The van der Waals surface area contributed by atoms with Gasteiger partial charge in [0, 0.05) is 25.9 Å². The fourth-order valence-corrected chi connectivity index (χ4v) is 5.16. The van der Waals surface area contributed by atoms with Gasteiger partial charge < -0.3 is 20.4 Å². The van der Waals surface area contributed by atoms with Gasteiger partial charge in [0.2, 0.25) is 5.91 Å². The Balaban J connectivity index is 1.42. The summed E-state index contributed by atoms with van der Waals surface area (Å²) in [4.78, 5) is 42.4. The fourth-order valence-electron chi connectivity index (χ4n) is 4.49. The number of rotatable bonds is 2. The second-order valence-corrected chi connectivity index (χ2v) is 8.61. The zero-order valence-electron chi connectivity index (χ0n) is 16.0. The Morgan fingerprint density at radius 1 is 1.17 bits per heavy atom. The van der Waals surface area contributed by atoms with E-state index in [0.717, 1.165) is 30.5 Å². The molecule has 8 heteroatoms. The van der Waals surface area contributed by atoms with E-state index in [1.54, 1.807) is 27.2 Å². The number of quaternary nitrogens is 1. The van der Waals surface area contributed by atoms with Crippen LogP contribution in [0, 0.1) is 0 Å². The molecule has 5 rings (SSSR count). The molecule has 3 amide bonds. The number of piperazine rings is 1. The van der Waals surface area contributed by atoms with E-state index in [0.29, 0.717) is 24.3 Å². The topological polar surface area (TPSA) is 86.3 Å². The fraction of sp³-hybridized carbons (Fsp3) is 0.381. The van der Waals surface area contributed by atoms with E-state index in [4.69, 9.17) is 0 Å². The van der Waals surface area contributed by atoms with Gasteiger partial charge in [0.25, 0.3) is 11.8 Å². The SMILES string of the molecule is O=C1Nc2ccc(-c3ccsc3)cc2C(=O)N2CCN(C(=O)[C@H]3CCC[NH2+]3)C[C@@H]12. The minimum atomic E-state index is -0.654. The molecule has 29 heavy (non-hydrogen) atoms. The third kappa shape index (κ3) is 3.22. The summed E-state index contributed by atoms with van der Waals surface area (Å²) in [5.74, 6) is -0.294. The molecule has 7 nitrogen and oxygen atoms in total. The van der Waals surface area contributed by atoms with E-state index < -0.39 is 6.04 Å². The van der Waals surface area contributed by atoms with Crippen LogP contribution in [0.15, 0.2) is 35.0 Å². The van der Waals surface area contributed by atoms with Crippen LogP contribution < -0.4 is 10.6 Å². The third-order valence-corrected chi connectivity index (χ3v) is 6.79. The molecule has 4 heterocycles. The molecule has 0 saturated carbocycles. The van der Waals surface area contributed by atoms with Crippen molar-refractivity contribution < 1.29 is 19.7 Å². The van der Waals surface area contributed by atoms with Crippen molar-refractivity contribution in [2.45, 2.75) is 24.9 Å². The first-order valence-corrected chi connectivity index (χ1v) is 11.0. The third-order valence-electron chi connectivity index (χ3n) is 6.11. The van der Waals surface area contributed by atoms with Crippen LogP contribution in [0.25, 0.3) is 11.1 Å². The van der Waals surface area contributed by atoms with Gasteiger partial charge in [0.05, 0.1) is 24.3 Å². The molecule has 1 aromatic heterocycles. The highest BCUT2D eigenvalue weighted by molar-refractivity contribution is 7.08. The summed E-state index contributed by atoms with van der Waals surface area (Å²) in [5, 5.41) is 9.02. The number of nitrogens with one attached hydrogen (secondary N) is 1. The van der Waals surface area contributed by atoms with Gasteiger partial charge in [-0.25, -0.2) is 0 Å². The molecule has 0 aliphatic carbocycles. The highest BCUT2D eigenvalue weighted by Crippen LogP contribution is 2.31. The van der Waals surface area contributed by atoms with Crippen molar-refractivity contribution in [3.8, 4) is 11.1 Å². The van der Waals surface area contributed by atoms with Gasteiger partial charge in [-0.15, -0.1) is 0 Å². The number of hydrogen-bond donors (Lipinski definition) is 2. The van der Waals surface area contributed by atoms with E-state index in [1.807, 2.05) is 29.0 Å². The van der Waals surface area contributed by atoms with Crippen LogP contribution in [0.5, 0.6) is 0 Å². The molecular weight excluding hydrogens is 388 g/mol. The number of hydrogen-bond acceptors (Lipinski definition) is 4. The average molecular weight is 412 g/mol. The molecule has 3 N–H and O–H groups in total. The molecule has 0 unspecified atom stereocenters. The maximum Gasteiger partial charge on any atom is 0.280 e. The molecule has 2 atom stereocenters. The Labute approximate surface area is 172 Å². The summed E-state index contributed by atoms with van der Waals surface area (Å²) in [7, 11) is 0. The molecule has 0 bridgehead atoms. The van der Waals surface area contributed by atoms with Gasteiger partial charge >= 0.3 is 0 Å². The van der Waals surface area contributed by atoms with Crippen LogP contribution >= 0.6 is 11.3 Å². The van der Waals surface area contributed by atoms with Gasteiger partial charge in [0.15, 0.2) is 6.04 Å². The molecule has 150 valence electrons. The van der Waals surface area contributed by atoms with Crippen LogP contribution in [0.3, 0.4) is 0 Å². The van der Waals surface area contributed by atoms with Crippen molar-refractivity contribution in [3.05, 3.63) is 40.6 Å². The van der Waals surface area contributed by atoms with Gasteiger partial charge in [-0.3, -0.25) is 14.4 Å². The molecule has 0 radical (unpaired) electrons. The van der Waals surface area contributed by atoms with Crippen molar-refractivity contribution in [2.75, 3.05) is 31.5 Å². The Hall–Kier alpha value is -2.71. The quantitative estimate of drug-likeness (QED) is 0.765. The summed E-state index contributed by atoms with van der Waals surface area (Å²) in [6.45, 7) is 2.07. The lowest BCUT2D eigenvalue weighted by Gasteiger charge is -2.39. The van der Waals surface area contributed by atoms with Gasteiger partial charge in [-0.1, -0.05) is 6.07 Å². The molecule has 3 aliphatic heterocycles. The number of nitrogens with zero attached hydrogens (tertiary/aromatic N) is 2. The lowest BCUT2D eigenvalue weighted by Crippen LogP contribution is -2.89. The number of amides is 3. The number of fused-ring (bicyclic) bond motifs is 2. The maximum atomic E-state index is 13.3. The summed E-state index contributed by atoms with van der Waals surface area (Å²) in [6.07, 6.45) is 1.92. The predicted octanol–water partition coefficient (Wildman–Crippen LogP) is 0.746. The first-order valence-electron chi connectivity index (χ1n) is 10.0. The van der Waals surface area contributed by atoms with E-state index in [1.165, 1.54) is 0 Å². The predicted molar refractivity (Wildman–Crippen MR) is 110 cm³/mol. The monoisotopic (exact) mass is 411 g/mol. The van der Waals surface area contributed by atoms with E-state index in [2.05, 4.69) is 10.6 Å². The maximum absolute atomic E-state index is 13.3. The largest absolute Gasteiger partial charge is 0.336 e. The zero-order chi connectivity index (χ0) is 20.0. The molecule has 0 spiro atoms. The van der Waals surface area contributed by atoms with Crippen LogP contribution in [0.4, 0.5) is 5.69 Å². The molecule has 2 saturated heterocycles. The summed E-state index contributed by atoms with van der Waals surface area (Å²) in [6, 6.07) is 6.89. The van der Waals surface area contributed by atoms with Crippen molar-refractivity contribution in [2.24, 2.45) is 0 Å². The van der Waals surface area contributed by atoms with Gasteiger partial charge in [-0.05, 0) is 40.1 Å². The Kier molecular flexibility index (Phi) is 4.60. The number of anilines is 1. The number of nitrogens with two attached hydrogens (primary N) is 1. The van der Waals surface area contributed by atoms with Crippen LogP contribution in [-0.4, -0.2) is 65.8 Å². The van der Waals surface area contributed by atoms with Crippen molar-refractivity contribution in [1.82, 2.24) is 9.80 Å². The second-order valence-electron chi connectivity index (χ2n) is 7.83. The van der Waals surface area contributed by atoms with Crippen LogP contribution in [0.1, 0.15) is 23.2 Å². The van der Waals surface area contributed by atoms with E-state index in [-0.39, 0.29) is 30.3 Å². The lowest BCUT2D eigenvalue weighted by molar-refractivity contribution is -0.658. The minimum Gasteiger partial charge on any atom is -0.336 e. The van der Waals surface area contributed by atoms with E-state index in [9.17, 15) is 14.4 Å². The lowest BCUT2D eigenvalue weighted by atomic mass is 10.0. The minimum absolute atomic E-state index is 0.0449. The Bertz CT molecular complexity index is 968. The van der Waals surface area contributed by atoms with Crippen LogP contribution in [-0.2, 0) is 9.59 Å². The summed E-state index contributed by atoms with van der Waals surface area (Å²) < 4.78 is 0. The summed E-state index contributed by atoms with van der Waals surface area (Å²) in [5.41, 5.74) is 3.06. The molecule has 2 fully saturated rings. The Morgan fingerprint density at radius 3 is 2.83 bits per heavy atom. The van der Waals surface area contributed by atoms with Crippen molar-refractivity contribution in [1.29, 1.82) is 0 Å². The van der Waals surface area contributed by atoms with Gasteiger partial charge in [-0.2, -0.15) is 11.3 Å². The smallest absolute Gasteiger partial charge is 0.280 e. The van der Waals surface area contributed by atoms with Crippen LogP contribution in [0.2, 0.25) is 0 Å². The number of benzene rings is 1. The normalized spacial score (nSPS) is 24.0. The number of thiophene rings is 1. The molecule has 2 aromatic rings. The highest BCUT2D eigenvalue weighted by atomic mass is 32.1. The van der Waals surface area contributed by atoms with Crippen molar-refractivity contribution >= 4 is 34.7 Å². The summed E-state index contributed by atoms with van der Waals surface area (Å²) >= 11 is 1.60. The molecule has 3 aliphatic rings. The van der Waals surface area contributed by atoms with E-state index >= 15 is 0 Å².